The SMILES string of the molecule is COC(=O)N1CCc2c(sc(NC(=O)c3ccc4ccccc4c3)c2C(N)=O)C1. The smallest absolute Gasteiger partial charge is 0.409 e. The highest BCUT2D eigenvalue weighted by Gasteiger charge is 2.30. The standard InChI is InChI=1S/C21H19N3O4S/c1-28-21(27)24-9-8-15-16(11-24)29-20(17(15)18(22)25)23-19(26)14-7-6-12-4-2-3-5-13(12)10-14/h2-7,10H,8-9,11H2,1H3,(H2,22,25)(H,23,26). The summed E-state index contributed by atoms with van der Waals surface area (Å²) in [6.07, 6.45) is 0.0526. The van der Waals surface area contributed by atoms with Crippen LogP contribution in [0.15, 0.2) is 42.5 Å². The molecule has 0 saturated heterocycles. The molecule has 3 N–H and O–H groups in total. The van der Waals surface area contributed by atoms with Gasteiger partial charge in [0, 0.05) is 17.0 Å². The molecular formula is C21H19N3O4S. The van der Waals surface area contributed by atoms with Gasteiger partial charge in [-0.2, -0.15) is 0 Å². The molecule has 1 aliphatic heterocycles. The summed E-state index contributed by atoms with van der Waals surface area (Å²) in [5.74, 6) is -0.912. The van der Waals surface area contributed by atoms with Crippen LogP contribution in [0.25, 0.3) is 10.8 Å². The Morgan fingerprint density at radius 1 is 1.14 bits per heavy atom. The van der Waals surface area contributed by atoms with Gasteiger partial charge in [-0.15, -0.1) is 11.3 Å². The van der Waals surface area contributed by atoms with E-state index in [0.717, 1.165) is 21.2 Å². The van der Waals surface area contributed by atoms with E-state index in [-0.39, 0.29) is 5.91 Å². The van der Waals surface area contributed by atoms with Gasteiger partial charge in [-0.25, -0.2) is 4.79 Å². The minimum Gasteiger partial charge on any atom is -0.453 e. The predicted octanol–water partition coefficient (Wildman–Crippen LogP) is 3.38. The number of primary amides is 1. The molecule has 2 aromatic carbocycles. The normalized spacial score (nSPS) is 13.1. The maximum absolute atomic E-state index is 12.8. The molecule has 3 aromatic rings. The molecule has 1 aromatic heterocycles. The zero-order chi connectivity index (χ0) is 20.5. The van der Waals surface area contributed by atoms with Gasteiger partial charge in [-0.3, -0.25) is 9.59 Å². The lowest BCUT2D eigenvalue weighted by Gasteiger charge is -2.25. The van der Waals surface area contributed by atoms with Crippen LogP contribution in [0.4, 0.5) is 9.80 Å². The summed E-state index contributed by atoms with van der Waals surface area (Å²) in [5.41, 5.74) is 7.20. The number of hydrogen-bond acceptors (Lipinski definition) is 5. The first-order valence-corrected chi connectivity index (χ1v) is 9.87. The van der Waals surface area contributed by atoms with E-state index in [0.29, 0.717) is 35.6 Å². The molecule has 0 atom stereocenters. The van der Waals surface area contributed by atoms with Crippen LogP contribution in [-0.4, -0.2) is 36.5 Å². The number of carbonyl (C=O) groups excluding carboxylic acids is 3. The zero-order valence-electron chi connectivity index (χ0n) is 15.7. The number of nitrogens with one attached hydrogen (secondary N) is 1. The molecule has 2 heterocycles. The van der Waals surface area contributed by atoms with Crippen molar-refractivity contribution in [1.29, 1.82) is 0 Å². The number of nitrogens with zero attached hydrogens (tertiary/aromatic N) is 1. The second-order valence-corrected chi connectivity index (χ2v) is 7.83. The molecule has 4 rings (SSSR count). The number of fused-ring (bicyclic) bond motifs is 2. The van der Waals surface area contributed by atoms with Crippen LogP contribution in [0.2, 0.25) is 0 Å². The van der Waals surface area contributed by atoms with E-state index < -0.39 is 12.0 Å². The van der Waals surface area contributed by atoms with E-state index in [2.05, 4.69) is 5.32 Å². The minimum atomic E-state index is -0.595. The molecule has 148 valence electrons. The number of nitrogens with two attached hydrogens (primary N) is 1. The first kappa shape index (κ1) is 18.9. The lowest BCUT2D eigenvalue weighted by atomic mass is 10.0. The fraction of sp³-hybridized carbons (Fsp3) is 0.190. The Hall–Kier alpha value is -3.39. The van der Waals surface area contributed by atoms with Gasteiger partial charge in [-0.05, 0) is 34.9 Å². The van der Waals surface area contributed by atoms with Gasteiger partial charge in [0.15, 0.2) is 0 Å². The van der Waals surface area contributed by atoms with Gasteiger partial charge < -0.3 is 20.7 Å². The Labute approximate surface area is 171 Å². The van der Waals surface area contributed by atoms with Crippen LogP contribution in [0.3, 0.4) is 0 Å². The van der Waals surface area contributed by atoms with Crippen molar-refractivity contribution in [2.45, 2.75) is 13.0 Å². The Bertz CT molecular complexity index is 1140. The third-order valence-electron chi connectivity index (χ3n) is 4.97. The van der Waals surface area contributed by atoms with Crippen LogP contribution >= 0.6 is 11.3 Å². The van der Waals surface area contributed by atoms with Crippen LogP contribution < -0.4 is 11.1 Å². The predicted molar refractivity (Wildman–Crippen MR) is 111 cm³/mol. The molecule has 0 unspecified atom stereocenters. The van der Waals surface area contributed by atoms with Gasteiger partial charge in [0.1, 0.15) is 5.00 Å². The summed E-state index contributed by atoms with van der Waals surface area (Å²) in [4.78, 5) is 39.1. The van der Waals surface area contributed by atoms with Crippen molar-refractivity contribution in [2.75, 3.05) is 19.0 Å². The number of hydrogen-bond donors (Lipinski definition) is 2. The van der Waals surface area contributed by atoms with Crippen molar-refractivity contribution < 1.29 is 19.1 Å². The quantitative estimate of drug-likeness (QED) is 0.692. The Kier molecular flexibility index (Phi) is 4.94. The summed E-state index contributed by atoms with van der Waals surface area (Å²) in [5, 5.41) is 5.23. The molecule has 7 nitrogen and oxygen atoms in total. The summed E-state index contributed by atoms with van der Waals surface area (Å²) >= 11 is 1.27. The highest BCUT2D eigenvalue weighted by molar-refractivity contribution is 7.17. The zero-order valence-corrected chi connectivity index (χ0v) is 16.5. The lowest BCUT2D eigenvalue weighted by molar-refractivity contribution is 0.0999. The van der Waals surface area contributed by atoms with Gasteiger partial charge >= 0.3 is 6.09 Å². The number of thiophene rings is 1. The Balaban J connectivity index is 1.64. The number of amides is 3. The Morgan fingerprint density at radius 2 is 1.90 bits per heavy atom. The average molecular weight is 409 g/mol. The van der Waals surface area contributed by atoms with Gasteiger partial charge in [-0.1, -0.05) is 30.3 Å². The molecule has 29 heavy (non-hydrogen) atoms. The lowest BCUT2D eigenvalue weighted by Crippen LogP contribution is -2.35. The fourth-order valence-electron chi connectivity index (χ4n) is 3.54. The maximum Gasteiger partial charge on any atom is 0.409 e. The summed E-state index contributed by atoms with van der Waals surface area (Å²) < 4.78 is 4.78. The average Bonchev–Trinajstić information content (AvgIpc) is 3.09. The molecule has 0 aliphatic carbocycles. The molecule has 0 spiro atoms. The second kappa shape index (κ2) is 7.56. The van der Waals surface area contributed by atoms with E-state index in [1.807, 2.05) is 30.3 Å². The van der Waals surface area contributed by atoms with Gasteiger partial charge in [0.2, 0.25) is 0 Å². The summed E-state index contributed by atoms with van der Waals surface area (Å²) in [6, 6.07) is 13.2. The summed E-state index contributed by atoms with van der Waals surface area (Å²) in [7, 11) is 1.33. The first-order valence-electron chi connectivity index (χ1n) is 9.05. The highest BCUT2D eigenvalue weighted by atomic mass is 32.1. The molecule has 1 aliphatic rings. The third-order valence-corrected chi connectivity index (χ3v) is 6.11. The highest BCUT2D eigenvalue weighted by Crippen LogP contribution is 2.37. The molecular weight excluding hydrogens is 390 g/mol. The number of benzene rings is 2. The molecule has 0 radical (unpaired) electrons. The largest absolute Gasteiger partial charge is 0.453 e. The van der Waals surface area contributed by atoms with E-state index >= 15 is 0 Å². The monoisotopic (exact) mass is 409 g/mol. The van der Waals surface area contributed by atoms with Crippen LogP contribution in [0, 0.1) is 0 Å². The van der Waals surface area contributed by atoms with Crippen molar-refractivity contribution in [1.82, 2.24) is 4.90 Å². The number of ether oxygens (including phenoxy) is 1. The molecule has 3 amide bonds. The molecule has 8 heteroatoms. The molecule has 0 bridgehead atoms. The molecule has 0 fully saturated rings. The number of anilines is 1. The van der Waals surface area contributed by atoms with Gasteiger partial charge in [0.05, 0.1) is 19.2 Å². The van der Waals surface area contributed by atoms with Crippen molar-refractivity contribution in [3.05, 3.63) is 64.0 Å². The van der Waals surface area contributed by atoms with E-state index in [1.54, 1.807) is 17.0 Å². The molecule has 0 saturated carbocycles. The second-order valence-electron chi connectivity index (χ2n) is 6.73. The van der Waals surface area contributed by atoms with E-state index in [4.69, 9.17) is 10.5 Å². The number of rotatable bonds is 3. The van der Waals surface area contributed by atoms with Crippen LogP contribution in [0.1, 0.15) is 31.2 Å². The third kappa shape index (κ3) is 3.54. The van der Waals surface area contributed by atoms with Crippen molar-refractivity contribution in [3.8, 4) is 0 Å². The fourth-order valence-corrected chi connectivity index (χ4v) is 4.81. The Morgan fingerprint density at radius 3 is 2.62 bits per heavy atom. The maximum atomic E-state index is 12.8. The van der Waals surface area contributed by atoms with Crippen molar-refractivity contribution in [2.24, 2.45) is 5.73 Å². The minimum absolute atomic E-state index is 0.318. The van der Waals surface area contributed by atoms with Crippen molar-refractivity contribution in [3.63, 3.8) is 0 Å². The van der Waals surface area contributed by atoms with E-state index in [1.165, 1.54) is 18.4 Å². The van der Waals surface area contributed by atoms with Gasteiger partial charge in [0.25, 0.3) is 11.8 Å². The van der Waals surface area contributed by atoms with Crippen LogP contribution in [0.5, 0.6) is 0 Å². The van der Waals surface area contributed by atoms with Crippen molar-refractivity contribution >= 4 is 45.0 Å². The summed E-state index contributed by atoms with van der Waals surface area (Å²) in [6.45, 7) is 0.744. The number of carbonyl (C=O) groups is 3. The van der Waals surface area contributed by atoms with Crippen LogP contribution in [-0.2, 0) is 17.7 Å². The topological polar surface area (TPSA) is 102 Å². The van der Waals surface area contributed by atoms with E-state index in [9.17, 15) is 14.4 Å². The number of methoxy groups -OCH3 is 1. The first-order chi connectivity index (χ1) is 14.0.